The van der Waals surface area contributed by atoms with Gasteiger partial charge in [0, 0.05) is 12.1 Å². The molecule has 2 aromatic carbocycles. The van der Waals surface area contributed by atoms with Crippen LogP contribution in [0.3, 0.4) is 0 Å². The summed E-state index contributed by atoms with van der Waals surface area (Å²) < 4.78 is 28.6. The van der Waals surface area contributed by atoms with Crippen LogP contribution in [0.15, 0.2) is 54.6 Å². The zero-order valence-corrected chi connectivity index (χ0v) is 23.5. The Morgan fingerprint density at radius 2 is 1.61 bits per heavy atom. The van der Waals surface area contributed by atoms with Crippen LogP contribution in [-0.4, -0.2) is 37.6 Å². The van der Waals surface area contributed by atoms with E-state index in [0.717, 1.165) is 37.7 Å². The van der Waals surface area contributed by atoms with Crippen LogP contribution in [-0.2, 0) is 31.9 Å². The molecule has 11 heteroatoms. The van der Waals surface area contributed by atoms with Gasteiger partial charge in [0.15, 0.2) is 0 Å². The molecule has 0 saturated heterocycles. The Hall–Kier alpha value is -2.95. The second-order valence-corrected chi connectivity index (χ2v) is 11.9. The van der Waals surface area contributed by atoms with Gasteiger partial charge in [-0.25, -0.2) is 13.1 Å². The number of hydrogen-bond donors (Lipinski definition) is 5. The van der Waals surface area contributed by atoms with Crippen molar-refractivity contribution < 1.29 is 18.0 Å². The van der Waals surface area contributed by atoms with Crippen LogP contribution >= 0.6 is 12.4 Å². The number of amidine groups is 1. The van der Waals surface area contributed by atoms with Crippen LogP contribution in [0.1, 0.15) is 62.6 Å². The molecule has 1 atom stereocenters. The van der Waals surface area contributed by atoms with Gasteiger partial charge in [0.2, 0.25) is 21.8 Å². The van der Waals surface area contributed by atoms with Gasteiger partial charge in [0.25, 0.3) is 0 Å². The molecule has 9 nitrogen and oxygen atoms in total. The molecule has 1 aliphatic carbocycles. The molecule has 0 bridgehead atoms. The Balaban J connectivity index is 0.00000507. The first kappa shape index (κ1) is 31.3. The first-order valence-corrected chi connectivity index (χ1v) is 14.2. The predicted octanol–water partition coefficient (Wildman–Crippen LogP) is 2.97. The smallest absolute Gasteiger partial charge is 0.245 e. The van der Waals surface area contributed by atoms with Crippen molar-refractivity contribution in [2.75, 3.05) is 0 Å². The largest absolute Gasteiger partial charge is 0.384 e. The number of rotatable bonds is 11. The van der Waals surface area contributed by atoms with Gasteiger partial charge < -0.3 is 16.4 Å². The number of nitrogens with two attached hydrogens (primary N) is 1. The van der Waals surface area contributed by atoms with E-state index in [-0.39, 0.29) is 36.5 Å². The van der Waals surface area contributed by atoms with Crippen LogP contribution in [0.5, 0.6) is 0 Å². The van der Waals surface area contributed by atoms with Crippen molar-refractivity contribution in [3.05, 3.63) is 71.3 Å². The second kappa shape index (κ2) is 13.7. The van der Waals surface area contributed by atoms with E-state index in [1.807, 2.05) is 6.07 Å². The quantitative estimate of drug-likeness (QED) is 0.210. The molecule has 208 valence electrons. The first-order valence-electron chi connectivity index (χ1n) is 12.5. The molecule has 0 radical (unpaired) electrons. The van der Waals surface area contributed by atoms with E-state index in [1.54, 1.807) is 62.4 Å². The second-order valence-electron chi connectivity index (χ2n) is 10.1. The van der Waals surface area contributed by atoms with E-state index in [9.17, 15) is 18.0 Å². The lowest BCUT2D eigenvalue weighted by Gasteiger charge is -2.33. The average molecular weight is 564 g/mol. The molecule has 1 unspecified atom stereocenters. The summed E-state index contributed by atoms with van der Waals surface area (Å²) in [4.78, 5) is 26.4. The number of carbonyl (C=O) groups excluding carboxylic acids is 2. The molecule has 2 aromatic rings. The lowest BCUT2D eigenvalue weighted by atomic mass is 9.83. The summed E-state index contributed by atoms with van der Waals surface area (Å²) in [6.07, 6.45) is 4.41. The Morgan fingerprint density at radius 3 is 2.18 bits per heavy atom. The number of hydrogen-bond acceptors (Lipinski definition) is 5. The van der Waals surface area contributed by atoms with Gasteiger partial charge in [0.05, 0.1) is 5.75 Å². The van der Waals surface area contributed by atoms with E-state index in [0.29, 0.717) is 11.1 Å². The third-order valence-corrected chi connectivity index (χ3v) is 7.96. The van der Waals surface area contributed by atoms with Crippen molar-refractivity contribution in [3.63, 3.8) is 0 Å². The molecule has 0 aromatic heterocycles. The number of amides is 2. The van der Waals surface area contributed by atoms with E-state index in [2.05, 4.69) is 15.4 Å². The van der Waals surface area contributed by atoms with Gasteiger partial charge in [-0.15, -0.1) is 12.4 Å². The molecule has 38 heavy (non-hydrogen) atoms. The number of nitrogen functional groups attached to an aromatic ring is 1. The van der Waals surface area contributed by atoms with Crippen molar-refractivity contribution >= 4 is 40.1 Å². The van der Waals surface area contributed by atoms with Gasteiger partial charge in [0.1, 0.15) is 17.4 Å². The zero-order chi connectivity index (χ0) is 27.1. The molecule has 3 rings (SSSR count). The minimum atomic E-state index is -3.80. The van der Waals surface area contributed by atoms with Crippen LogP contribution in [0, 0.1) is 11.3 Å². The maximum Gasteiger partial charge on any atom is 0.245 e. The van der Waals surface area contributed by atoms with Crippen LogP contribution in [0.4, 0.5) is 0 Å². The summed E-state index contributed by atoms with van der Waals surface area (Å²) in [5.41, 5.74) is 6.24. The third kappa shape index (κ3) is 9.11. The molecule has 1 fully saturated rings. The SMILES string of the molecule is CC(C)(NC(=O)C(NS(=O)(=O)Cc1ccccc1)C1CCCCC1)C(=O)NCc1ccc(C(=N)N)cc1.Cl. The molecule has 0 heterocycles. The van der Waals surface area contributed by atoms with Gasteiger partial charge in [-0.3, -0.25) is 15.0 Å². The maximum atomic E-state index is 13.4. The van der Waals surface area contributed by atoms with Crippen LogP contribution in [0.25, 0.3) is 0 Å². The summed E-state index contributed by atoms with van der Waals surface area (Å²) in [5, 5.41) is 13.1. The summed E-state index contributed by atoms with van der Waals surface area (Å²) in [5.74, 6) is -1.30. The third-order valence-electron chi connectivity index (χ3n) is 6.63. The van der Waals surface area contributed by atoms with Gasteiger partial charge in [-0.2, -0.15) is 0 Å². The highest BCUT2D eigenvalue weighted by Gasteiger charge is 2.37. The van der Waals surface area contributed by atoms with E-state index in [1.165, 1.54) is 0 Å². The summed E-state index contributed by atoms with van der Waals surface area (Å²) in [6, 6.07) is 14.8. The number of benzene rings is 2. The van der Waals surface area contributed by atoms with E-state index in [4.69, 9.17) is 11.1 Å². The summed E-state index contributed by atoms with van der Waals surface area (Å²) in [7, 11) is -3.80. The normalized spacial score (nSPS) is 15.1. The van der Waals surface area contributed by atoms with Gasteiger partial charge in [-0.1, -0.05) is 73.9 Å². The Labute approximate surface area is 231 Å². The fourth-order valence-electron chi connectivity index (χ4n) is 4.51. The molecular weight excluding hydrogens is 526 g/mol. The minimum absolute atomic E-state index is 0. The van der Waals surface area contributed by atoms with Crippen molar-refractivity contribution in [1.29, 1.82) is 5.41 Å². The van der Waals surface area contributed by atoms with Gasteiger partial charge >= 0.3 is 0 Å². The van der Waals surface area contributed by atoms with Crippen LogP contribution < -0.4 is 21.1 Å². The first-order chi connectivity index (χ1) is 17.5. The molecule has 0 spiro atoms. The standard InChI is InChI=1S/C27H37N5O4S.ClH/c1-27(2,26(34)30-17-19-13-15-22(16-14-19)24(28)29)31-25(33)23(21-11-7-4-8-12-21)32-37(35,36)18-20-9-5-3-6-10-20;/h3,5-6,9-10,13-16,21,23,32H,4,7-8,11-12,17-18H2,1-2H3,(H3,28,29)(H,30,34)(H,31,33);1H. The minimum Gasteiger partial charge on any atom is -0.384 e. The van der Waals surface area contributed by atoms with Crippen molar-refractivity contribution in [2.45, 2.75) is 69.8 Å². The summed E-state index contributed by atoms with van der Waals surface area (Å²) in [6.45, 7) is 3.41. The highest BCUT2D eigenvalue weighted by Crippen LogP contribution is 2.27. The lowest BCUT2D eigenvalue weighted by Crippen LogP contribution is -2.60. The fourth-order valence-corrected chi connectivity index (χ4v) is 5.91. The molecular formula is C27H38ClN5O4S. The number of sulfonamides is 1. The highest BCUT2D eigenvalue weighted by molar-refractivity contribution is 7.88. The molecule has 1 aliphatic rings. The Morgan fingerprint density at radius 1 is 1.00 bits per heavy atom. The molecule has 1 saturated carbocycles. The van der Waals surface area contributed by atoms with Crippen LogP contribution in [0.2, 0.25) is 0 Å². The topological polar surface area (TPSA) is 154 Å². The number of carbonyl (C=O) groups is 2. The predicted molar refractivity (Wildman–Crippen MR) is 151 cm³/mol. The number of nitrogens with one attached hydrogen (secondary N) is 4. The summed E-state index contributed by atoms with van der Waals surface area (Å²) >= 11 is 0. The maximum absolute atomic E-state index is 13.4. The van der Waals surface area contributed by atoms with Crippen molar-refractivity contribution in [2.24, 2.45) is 11.7 Å². The lowest BCUT2D eigenvalue weighted by molar-refractivity contribution is -0.133. The highest BCUT2D eigenvalue weighted by atomic mass is 35.5. The van der Waals surface area contributed by atoms with E-state index >= 15 is 0 Å². The Bertz CT molecular complexity index is 1200. The van der Waals surface area contributed by atoms with Crippen molar-refractivity contribution in [1.82, 2.24) is 15.4 Å². The molecule has 2 amide bonds. The fraction of sp³-hybridized carbons (Fsp3) is 0.444. The Kier molecular flexibility index (Phi) is 11.3. The van der Waals surface area contributed by atoms with Gasteiger partial charge in [-0.05, 0) is 43.7 Å². The average Bonchev–Trinajstić information content (AvgIpc) is 2.86. The number of halogens is 1. The zero-order valence-electron chi connectivity index (χ0n) is 21.8. The van der Waals surface area contributed by atoms with Crippen molar-refractivity contribution in [3.8, 4) is 0 Å². The van der Waals surface area contributed by atoms with E-state index < -0.39 is 33.4 Å². The molecule has 6 N–H and O–H groups in total. The monoisotopic (exact) mass is 563 g/mol. The molecule has 0 aliphatic heterocycles.